The summed E-state index contributed by atoms with van der Waals surface area (Å²) in [6, 6.07) is 14.5. The van der Waals surface area contributed by atoms with Gasteiger partial charge in [0.05, 0.1) is 16.3 Å². The fourth-order valence-electron chi connectivity index (χ4n) is 1.95. The minimum Gasteiger partial charge on any atom is -0.397 e. The average molecular weight is 257 g/mol. The van der Waals surface area contributed by atoms with Crippen molar-refractivity contribution in [2.45, 2.75) is 6.54 Å². The molecule has 0 saturated carbocycles. The maximum Gasteiger partial charge on any atom is 0.271 e. The molecule has 0 aliphatic rings. The van der Waals surface area contributed by atoms with Crippen molar-refractivity contribution in [1.82, 2.24) is 0 Å². The number of benzene rings is 2. The van der Waals surface area contributed by atoms with E-state index in [1.165, 1.54) is 12.1 Å². The number of rotatable bonds is 4. The molecule has 2 aromatic carbocycles. The first-order valence-corrected chi connectivity index (χ1v) is 5.87. The third kappa shape index (κ3) is 3.01. The topological polar surface area (TPSA) is 72.4 Å². The molecule has 0 saturated heterocycles. The fraction of sp³-hybridized carbons (Fsp3) is 0.143. The Hall–Kier alpha value is -2.56. The fourth-order valence-corrected chi connectivity index (χ4v) is 1.95. The molecule has 98 valence electrons. The molecule has 0 unspecified atom stereocenters. The first kappa shape index (κ1) is 12.9. The lowest BCUT2D eigenvalue weighted by molar-refractivity contribution is -0.384. The highest BCUT2D eigenvalue weighted by molar-refractivity contribution is 5.70. The zero-order valence-electron chi connectivity index (χ0n) is 10.6. The van der Waals surface area contributed by atoms with Crippen molar-refractivity contribution in [1.29, 1.82) is 0 Å². The van der Waals surface area contributed by atoms with Crippen molar-refractivity contribution in [3.05, 3.63) is 64.2 Å². The zero-order chi connectivity index (χ0) is 13.8. The molecule has 0 amide bonds. The average Bonchev–Trinajstić information content (AvgIpc) is 2.39. The van der Waals surface area contributed by atoms with Crippen LogP contribution >= 0.6 is 0 Å². The van der Waals surface area contributed by atoms with Gasteiger partial charge < -0.3 is 10.6 Å². The highest BCUT2D eigenvalue weighted by atomic mass is 16.6. The lowest BCUT2D eigenvalue weighted by atomic mass is 10.2. The Labute approximate surface area is 111 Å². The summed E-state index contributed by atoms with van der Waals surface area (Å²) in [4.78, 5) is 12.2. The summed E-state index contributed by atoms with van der Waals surface area (Å²) in [7, 11) is 1.91. The van der Waals surface area contributed by atoms with Crippen molar-refractivity contribution in [3.8, 4) is 0 Å². The monoisotopic (exact) mass is 257 g/mol. The van der Waals surface area contributed by atoms with Crippen molar-refractivity contribution in [2.75, 3.05) is 17.7 Å². The van der Waals surface area contributed by atoms with Crippen LogP contribution in [0.15, 0.2) is 48.5 Å². The summed E-state index contributed by atoms with van der Waals surface area (Å²) in [5, 5.41) is 10.7. The van der Waals surface area contributed by atoms with Gasteiger partial charge in [0, 0.05) is 25.7 Å². The third-order valence-electron chi connectivity index (χ3n) is 2.90. The Morgan fingerprint density at radius 2 is 1.89 bits per heavy atom. The molecule has 2 rings (SSSR count). The molecule has 0 aliphatic carbocycles. The Morgan fingerprint density at radius 1 is 1.21 bits per heavy atom. The van der Waals surface area contributed by atoms with Gasteiger partial charge in [-0.2, -0.15) is 0 Å². The Morgan fingerprint density at radius 3 is 2.47 bits per heavy atom. The number of non-ortho nitro benzene ring substituents is 1. The van der Waals surface area contributed by atoms with Crippen LogP contribution in [0, 0.1) is 10.1 Å². The van der Waals surface area contributed by atoms with E-state index in [0.29, 0.717) is 12.2 Å². The molecule has 19 heavy (non-hydrogen) atoms. The van der Waals surface area contributed by atoms with Crippen molar-refractivity contribution >= 4 is 17.1 Å². The normalized spacial score (nSPS) is 10.2. The SMILES string of the molecule is CN(Cc1ccccc1)c1ccc([N+](=O)[O-])cc1N. The second-order valence-electron chi connectivity index (χ2n) is 4.34. The van der Waals surface area contributed by atoms with Crippen LogP contribution in [0.2, 0.25) is 0 Å². The van der Waals surface area contributed by atoms with E-state index in [1.807, 2.05) is 42.3 Å². The van der Waals surface area contributed by atoms with Gasteiger partial charge in [0.1, 0.15) is 0 Å². The quantitative estimate of drug-likeness (QED) is 0.519. The van der Waals surface area contributed by atoms with E-state index in [9.17, 15) is 10.1 Å². The predicted molar refractivity (Wildman–Crippen MR) is 76.1 cm³/mol. The summed E-state index contributed by atoms with van der Waals surface area (Å²) in [5.41, 5.74) is 8.23. The van der Waals surface area contributed by atoms with Crippen LogP contribution in [-0.2, 0) is 6.54 Å². The molecular formula is C14H15N3O2. The summed E-state index contributed by atoms with van der Waals surface area (Å²) in [6.07, 6.45) is 0. The van der Waals surface area contributed by atoms with Gasteiger partial charge in [0.15, 0.2) is 0 Å². The van der Waals surface area contributed by atoms with Crippen LogP contribution < -0.4 is 10.6 Å². The molecule has 0 atom stereocenters. The molecular weight excluding hydrogens is 242 g/mol. The van der Waals surface area contributed by atoms with E-state index in [-0.39, 0.29) is 5.69 Å². The van der Waals surface area contributed by atoms with Gasteiger partial charge in [-0.05, 0) is 11.6 Å². The molecule has 5 nitrogen and oxygen atoms in total. The van der Waals surface area contributed by atoms with Crippen LogP contribution in [0.4, 0.5) is 17.1 Å². The highest BCUT2D eigenvalue weighted by Gasteiger charge is 2.11. The van der Waals surface area contributed by atoms with Gasteiger partial charge in [-0.15, -0.1) is 0 Å². The molecule has 0 radical (unpaired) electrons. The van der Waals surface area contributed by atoms with E-state index in [2.05, 4.69) is 0 Å². The van der Waals surface area contributed by atoms with Gasteiger partial charge >= 0.3 is 0 Å². The Kier molecular flexibility index (Phi) is 3.66. The van der Waals surface area contributed by atoms with Gasteiger partial charge in [0.25, 0.3) is 5.69 Å². The van der Waals surface area contributed by atoms with Gasteiger partial charge in [-0.25, -0.2) is 0 Å². The van der Waals surface area contributed by atoms with Crippen LogP contribution in [0.25, 0.3) is 0 Å². The molecule has 0 fully saturated rings. The molecule has 0 aliphatic heterocycles. The van der Waals surface area contributed by atoms with E-state index in [4.69, 9.17) is 5.73 Å². The number of nitro groups is 1. The minimum absolute atomic E-state index is 0.00867. The summed E-state index contributed by atoms with van der Waals surface area (Å²) >= 11 is 0. The molecule has 0 aromatic heterocycles. The zero-order valence-corrected chi connectivity index (χ0v) is 10.6. The molecule has 2 N–H and O–H groups in total. The third-order valence-corrected chi connectivity index (χ3v) is 2.90. The maximum absolute atomic E-state index is 10.7. The number of anilines is 2. The number of nitrogens with zero attached hydrogens (tertiary/aromatic N) is 2. The van der Waals surface area contributed by atoms with Crippen LogP contribution in [0.1, 0.15) is 5.56 Å². The van der Waals surface area contributed by atoms with Gasteiger partial charge in [-0.3, -0.25) is 10.1 Å². The van der Waals surface area contributed by atoms with E-state index in [0.717, 1.165) is 11.3 Å². The maximum atomic E-state index is 10.7. The van der Waals surface area contributed by atoms with Gasteiger partial charge in [-0.1, -0.05) is 30.3 Å². The number of hydrogen-bond donors (Lipinski definition) is 1. The van der Waals surface area contributed by atoms with E-state index < -0.39 is 4.92 Å². The summed E-state index contributed by atoms with van der Waals surface area (Å²) < 4.78 is 0. The summed E-state index contributed by atoms with van der Waals surface area (Å²) in [5.74, 6) is 0. The van der Waals surface area contributed by atoms with Crippen molar-refractivity contribution in [2.24, 2.45) is 0 Å². The smallest absolute Gasteiger partial charge is 0.271 e. The van der Waals surface area contributed by atoms with E-state index >= 15 is 0 Å². The molecule has 0 spiro atoms. The van der Waals surface area contributed by atoms with Crippen LogP contribution in [0.3, 0.4) is 0 Å². The Bertz CT molecular complexity index is 584. The molecule has 2 aromatic rings. The first-order chi connectivity index (χ1) is 9.08. The summed E-state index contributed by atoms with van der Waals surface area (Å²) in [6.45, 7) is 0.697. The lowest BCUT2D eigenvalue weighted by Gasteiger charge is -2.21. The highest BCUT2D eigenvalue weighted by Crippen LogP contribution is 2.27. The number of nitrogens with two attached hydrogens (primary N) is 1. The molecule has 5 heteroatoms. The molecule has 0 bridgehead atoms. The standard InChI is InChI=1S/C14H15N3O2/c1-16(10-11-5-3-2-4-6-11)14-8-7-12(17(18)19)9-13(14)15/h2-9H,10,15H2,1H3. The largest absolute Gasteiger partial charge is 0.397 e. The van der Waals surface area contributed by atoms with Gasteiger partial charge in [0.2, 0.25) is 0 Å². The van der Waals surface area contributed by atoms with Crippen molar-refractivity contribution < 1.29 is 4.92 Å². The number of nitro benzene ring substituents is 1. The predicted octanol–water partition coefficient (Wildman–Crippen LogP) is 2.81. The van der Waals surface area contributed by atoms with Crippen LogP contribution in [0.5, 0.6) is 0 Å². The van der Waals surface area contributed by atoms with Crippen LogP contribution in [-0.4, -0.2) is 12.0 Å². The second-order valence-corrected chi connectivity index (χ2v) is 4.34. The van der Waals surface area contributed by atoms with Crippen molar-refractivity contribution in [3.63, 3.8) is 0 Å². The number of nitrogen functional groups attached to an aromatic ring is 1. The molecule has 0 heterocycles. The second kappa shape index (κ2) is 5.39. The van der Waals surface area contributed by atoms with E-state index in [1.54, 1.807) is 6.07 Å². The Balaban J connectivity index is 2.20. The lowest BCUT2D eigenvalue weighted by Crippen LogP contribution is -2.17. The minimum atomic E-state index is -0.447. The first-order valence-electron chi connectivity index (χ1n) is 5.87. The number of hydrogen-bond acceptors (Lipinski definition) is 4.